The van der Waals surface area contributed by atoms with Crippen LogP contribution < -0.4 is 4.74 Å². The van der Waals surface area contributed by atoms with Crippen LogP contribution >= 0.6 is 15.9 Å². The molecule has 1 aliphatic carbocycles. The van der Waals surface area contributed by atoms with Crippen molar-refractivity contribution in [3.05, 3.63) is 33.8 Å². The molecule has 0 fully saturated rings. The molecule has 1 aliphatic rings. The third-order valence-electron chi connectivity index (χ3n) is 2.95. The molecule has 0 aliphatic heterocycles. The van der Waals surface area contributed by atoms with E-state index in [0.29, 0.717) is 5.75 Å². The minimum Gasteiger partial charge on any atom is -0.504 e. The summed E-state index contributed by atoms with van der Waals surface area (Å²) < 4.78 is 6.06. The van der Waals surface area contributed by atoms with Gasteiger partial charge in [-0.15, -0.1) is 0 Å². The topological polar surface area (TPSA) is 29.5 Å². The van der Waals surface area contributed by atoms with Crippen LogP contribution in [-0.4, -0.2) is 12.2 Å². The fourth-order valence-electron chi connectivity index (χ4n) is 2.05. The smallest absolute Gasteiger partial charge is 0.162 e. The SMILES string of the molecule is COc1ccc(Br)c(CC2=CCCC2)c1O. The fourth-order valence-corrected chi connectivity index (χ4v) is 2.51. The molecule has 2 rings (SSSR count). The number of methoxy groups -OCH3 is 1. The second kappa shape index (κ2) is 4.91. The van der Waals surface area contributed by atoms with Crippen molar-refractivity contribution in [2.45, 2.75) is 25.7 Å². The van der Waals surface area contributed by atoms with E-state index < -0.39 is 0 Å². The van der Waals surface area contributed by atoms with Gasteiger partial charge in [-0.3, -0.25) is 0 Å². The maximum atomic E-state index is 10.0. The lowest BCUT2D eigenvalue weighted by atomic mass is 10.0. The molecule has 0 radical (unpaired) electrons. The number of ether oxygens (including phenoxy) is 1. The van der Waals surface area contributed by atoms with E-state index in [2.05, 4.69) is 22.0 Å². The van der Waals surface area contributed by atoms with Gasteiger partial charge in [0.15, 0.2) is 11.5 Å². The lowest BCUT2D eigenvalue weighted by molar-refractivity contribution is 0.370. The van der Waals surface area contributed by atoms with Crippen LogP contribution in [0.5, 0.6) is 11.5 Å². The normalized spacial score (nSPS) is 15.0. The van der Waals surface area contributed by atoms with Gasteiger partial charge in [0.05, 0.1) is 7.11 Å². The number of benzene rings is 1. The first-order valence-corrected chi connectivity index (χ1v) is 6.24. The maximum absolute atomic E-state index is 10.0. The first-order chi connectivity index (χ1) is 7.72. The zero-order chi connectivity index (χ0) is 11.5. The third kappa shape index (κ3) is 2.24. The summed E-state index contributed by atoms with van der Waals surface area (Å²) in [6.45, 7) is 0. The zero-order valence-corrected chi connectivity index (χ0v) is 10.9. The van der Waals surface area contributed by atoms with Gasteiger partial charge in [-0.25, -0.2) is 0 Å². The summed E-state index contributed by atoms with van der Waals surface area (Å²) in [4.78, 5) is 0. The van der Waals surface area contributed by atoms with Crippen LogP contribution in [0.2, 0.25) is 0 Å². The molecule has 0 aromatic heterocycles. The van der Waals surface area contributed by atoms with Crippen molar-refractivity contribution in [1.29, 1.82) is 0 Å². The van der Waals surface area contributed by atoms with Crippen molar-refractivity contribution in [3.8, 4) is 11.5 Å². The Hall–Kier alpha value is -0.960. The Morgan fingerprint density at radius 1 is 1.44 bits per heavy atom. The molecule has 86 valence electrons. The number of hydrogen-bond acceptors (Lipinski definition) is 2. The van der Waals surface area contributed by atoms with E-state index in [4.69, 9.17) is 4.74 Å². The fraction of sp³-hybridized carbons (Fsp3) is 0.385. The molecule has 1 aromatic rings. The Balaban J connectivity index is 2.31. The molecule has 2 nitrogen and oxygen atoms in total. The standard InChI is InChI=1S/C13H15BrO2/c1-16-12-7-6-11(14)10(13(12)15)8-9-4-2-3-5-9/h4,6-7,15H,2-3,5,8H2,1H3. The molecule has 1 N–H and O–H groups in total. The highest BCUT2D eigenvalue weighted by Gasteiger charge is 2.14. The molecule has 0 saturated heterocycles. The summed E-state index contributed by atoms with van der Waals surface area (Å²) in [5.41, 5.74) is 2.33. The Bertz CT molecular complexity index is 424. The number of aromatic hydroxyl groups is 1. The number of phenols is 1. The van der Waals surface area contributed by atoms with Crippen LogP contribution in [-0.2, 0) is 6.42 Å². The lowest BCUT2D eigenvalue weighted by Gasteiger charge is -2.11. The number of rotatable bonds is 3. The second-order valence-electron chi connectivity index (χ2n) is 4.01. The maximum Gasteiger partial charge on any atom is 0.162 e. The molecular weight excluding hydrogens is 268 g/mol. The molecule has 0 heterocycles. The Kier molecular flexibility index (Phi) is 3.54. The van der Waals surface area contributed by atoms with E-state index in [1.165, 1.54) is 12.0 Å². The van der Waals surface area contributed by atoms with Crippen LogP contribution in [0.4, 0.5) is 0 Å². The average molecular weight is 283 g/mol. The van der Waals surface area contributed by atoms with Crippen molar-refractivity contribution in [2.24, 2.45) is 0 Å². The summed E-state index contributed by atoms with van der Waals surface area (Å²) in [6, 6.07) is 3.69. The third-order valence-corrected chi connectivity index (χ3v) is 3.69. The summed E-state index contributed by atoms with van der Waals surface area (Å²) >= 11 is 3.47. The van der Waals surface area contributed by atoms with Crippen LogP contribution in [0, 0.1) is 0 Å². The van der Waals surface area contributed by atoms with Crippen molar-refractivity contribution >= 4 is 15.9 Å². The molecule has 0 atom stereocenters. The van der Waals surface area contributed by atoms with Crippen molar-refractivity contribution < 1.29 is 9.84 Å². The van der Waals surface area contributed by atoms with E-state index in [0.717, 1.165) is 29.3 Å². The minimum atomic E-state index is 0.254. The van der Waals surface area contributed by atoms with Gasteiger partial charge in [-0.2, -0.15) is 0 Å². The van der Waals surface area contributed by atoms with Crippen LogP contribution in [0.15, 0.2) is 28.3 Å². The molecule has 0 saturated carbocycles. The van der Waals surface area contributed by atoms with Gasteiger partial charge in [0.25, 0.3) is 0 Å². The molecule has 3 heteroatoms. The second-order valence-corrected chi connectivity index (χ2v) is 4.86. The van der Waals surface area contributed by atoms with E-state index in [9.17, 15) is 5.11 Å². The summed E-state index contributed by atoms with van der Waals surface area (Å²) in [6.07, 6.45) is 6.62. The van der Waals surface area contributed by atoms with Gasteiger partial charge in [0, 0.05) is 10.0 Å². The van der Waals surface area contributed by atoms with Crippen LogP contribution in [0.1, 0.15) is 24.8 Å². The van der Waals surface area contributed by atoms with Gasteiger partial charge in [-0.1, -0.05) is 27.6 Å². The average Bonchev–Trinajstić information content (AvgIpc) is 2.77. The number of halogens is 1. The molecule has 0 bridgehead atoms. The van der Waals surface area contributed by atoms with Crippen molar-refractivity contribution in [1.82, 2.24) is 0 Å². The molecule has 0 amide bonds. The Labute approximate surface area is 104 Å². The monoisotopic (exact) mass is 282 g/mol. The van der Waals surface area contributed by atoms with Gasteiger partial charge in [0.1, 0.15) is 0 Å². The number of hydrogen-bond donors (Lipinski definition) is 1. The van der Waals surface area contributed by atoms with Crippen molar-refractivity contribution in [2.75, 3.05) is 7.11 Å². The number of phenolic OH excluding ortho intramolecular Hbond substituents is 1. The van der Waals surface area contributed by atoms with Crippen molar-refractivity contribution in [3.63, 3.8) is 0 Å². The molecular formula is C13H15BrO2. The number of allylic oxidation sites excluding steroid dienone is 2. The highest BCUT2D eigenvalue weighted by molar-refractivity contribution is 9.10. The predicted octanol–water partition coefficient (Wildman–Crippen LogP) is 3.82. The predicted molar refractivity (Wildman–Crippen MR) is 68.0 cm³/mol. The largest absolute Gasteiger partial charge is 0.504 e. The van der Waals surface area contributed by atoms with E-state index in [1.54, 1.807) is 13.2 Å². The quantitative estimate of drug-likeness (QED) is 0.855. The highest BCUT2D eigenvalue weighted by atomic mass is 79.9. The summed E-state index contributed by atoms with van der Waals surface area (Å²) in [5, 5.41) is 10.0. The van der Waals surface area contributed by atoms with E-state index in [1.807, 2.05) is 6.07 Å². The Morgan fingerprint density at radius 3 is 2.88 bits per heavy atom. The molecule has 0 spiro atoms. The minimum absolute atomic E-state index is 0.254. The van der Waals surface area contributed by atoms with E-state index >= 15 is 0 Å². The molecule has 16 heavy (non-hydrogen) atoms. The van der Waals surface area contributed by atoms with Crippen LogP contribution in [0.3, 0.4) is 0 Å². The van der Waals surface area contributed by atoms with Gasteiger partial charge >= 0.3 is 0 Å². The molecule has 1 aromatic carbocycles. The summed E-state index contributed by atoms with van der Waals surface area (Å²) in [5.74, 6) is 0.793. The first-order valence-electron chi connectivity index (χ1n) is 5.44. The zero-order valence-electron chi connectivity index (χ0n) is 9.29. The highest BCUT2D eigenvalue weighted by Crippen LogP contribution is 2.37. The van der Waals surface area contributed by atoms with Gasteiger partial charge in [0.2, 0.25) is 0 Å². The van der Waals surface area contributed by atoms with Gasteiger partial charge < -0.3 is 9.84 Å². The lowest BCUT2D eigenvalue weighted by Crippen LogP contribution is -1.93. The van der Waals surface area contributed by atoms with E-state index in [-0.39, 0.29) is 5.75 Å². The summed E-state index contributed by atoms with van der Waals surface area (Å²) in [7, 11) is 1.57. The first kappa shape index (κ1) is 11.5. The van der Waals surface area contributed by atoms with Gasteiger partial charge in [-0.05, 0) is 37.8 Å². The van der Waals surface area contributed by atoms with Crippen LogP contribution in [0.25, 0.3) is 0 Å². The molecule has 0 unspecified atom stereocenters. The Morgan fingerprint density at radius 2 is 2.25 bits per heavy atom.